The summed E-state index contributed by atoms with van der Waals surface area (Å²) in [5, 5.41) is 17.1. The molecule has 0 spiro atoms. The van der Waals surface area contributed by atoms with Gasteiger partial charge in [-0.15, -0.1) is 5.10 Å². The molecule has 1 N–H and O–H groups in total. The van der Waals surface area contributed by atoms with Gasteiger partial charge < -0.3 is 5.11 Å². The molecule has 21 heavy (non-hydrogen) atoms. The lowest BCUT2D eigenvalue weighted by Crippen LogP contribution is -2.11. The second-order valence-electron chi connectivity index (χ2n) is 5.47. The standard InChI is InChI=1S/C16H21N3O2/c1-5-6-14-15(16(20)21)17-18-19(14)9-13-11(3)7-10(2)8-12(13)4/h7-8H,5-6,9H2,1-4H3,(H,20,21). The lowest BCUT2D eigenvalue weighted by molar-refractivity contribution is 0.0689. The van der Waals surface area contributed by atoms with E-state index in [4.69, 9.17) is 0 Å². The van der Waals surface area contributed by atoms with Crippen LogP contribution in [0.4, 0.5) is 0 Å². The summed E-state index contributed by atoms with van der Waals surface area (Å²) in [5.41, 5.74) is 5.57. The molecule has 0 amide bonds. The summed E-state index contributed by atoms with van der Waals surface area (Å²) in [6.45, 7) is 8.80. The molecule has 0 aliphatic rings. The highest BCUT2D eigenvalue weighted by atomic mass is 16.4. The topological polar surface area (TPSA) is 68.0 Å². The third-order valence-corrected chi connectivity index (χ3v) is 3.68. The van der Waals surface area contributed by atoms with Crippen LogP contribution in [-0.2, 0) is 13.0 Å². The third kappa shape index (κ3) is 3.12. The SMILES string of the molecule is CCCc1c(C(=O)O)nnn1Cc1c(C)cc(C)cc1C. The molecule has 0 saturated carbocycles. The van der Waals surface area contributed by atoms with E-state index in [1.54, 1.807) is 4.68 Å². The molecular formula is C16H21N3O2. The van der Waals surface area contributed by atoms with Gasteiger partial charge >= 0.3 is 5.97 Å². The van der Waals surface area contributed by atoms with Crippen LogP contribution < -0.4 is 0 Å². The predicted molar refractivity (Wildman–Crippen MR) is 80.7 cm³/mol. The Morgan fingerprint density at radius 1 is 1.24 bits per heavy atom. The molecule has 112 valence electrons. The largest absolute Gasteiger partial charge is 0.476 e. The Kier molecular flexibility index (Phi) is 4.40. The molecule has 0 aliphatic heterocycles. The van der Waals surface area contributed by atoms with Gasteiger partial charge in [0.25, 0.3) is 0 Å². The Labute approximate surface area is 124 Å². The molecule has 2 rings (SSSR count). The van der Waals surface area contributed by atoms with Crippen LogP contribution >= 0.6 is 0 Å². The van der Waals surface area contributed by atoms with Gasteiger partial charge in [0.05, 0.1) is 12.2 Å². The van der Waals surface area contributed by atoms with Crippen LogP contribution in [0.3, 0.4) is 0 Å². The monoisotopic (exact) mass is 287 g/mol. The van der Waals surface area contributed by atoms with Crippen LogP contribution in [-0.4, -0.2) is 26.1 Å². The molecule has 0 saturated heterocycles. The van der Waals surface area contributed by atoms with E-state index in [0.717, 1.165) is 6.42 Å². The zero-order valence-electron chi connectivity index (χ0n) is 13.0. The van der Waals surface area contributed by atoms with Gasteiger partial charge in [0, 0.05) is 0 Å². The maximum atomic E-state index is 11.2. The number of rotatable bonds is 5. The quantitative estimate of drug-likeness (QED) is 0.918. The summed E-state index contributed by atoms with van der Waals surface area (Å²) in [7, 11) is 0. The molecule has 1 heterocycles. The lowest BCUT2D eigenvalue weighted by Gasteiger charge is -2.13. The average molecular weight is 287 g/mol. The van der Waals surface area contributed by atoms with Crippen LogP contribution in [0.2, 0.25) is 0 Å². The number of carbonyl (C=O) groups is 1. The van der Waals surface area contributed by atoms with Gasteiger partial charge in [-0.25, -0.2) is 9.48 Å². The maximum absolute atomic E-state index is 11.2. The van der Waals surface area contributed by atoms with E-state index in [1.165, 1.54) is 22.3 Å². The van der Waals surface area contributed by atoms with Crippen molar-refractivity contribution in [2.45, 2.75) is 47.1 Å². The van der Waals surface area contributed by atoms with Gasteiger partial charge in [0.2, 0.25) is 0 Å². The number of carboxylic acids is 1. The van der Waals surface area contributed by atoms with Crippen LogP contribution in [0.1, 0.15) is 51.8 Å². The Morgan fingerprint density at radius 3 is 2.38 bits per heavy atom. The first-order chi connectivity index (χ1) is 9.93. The molecule has 0 bridgehead atoms. The van der Waals surface area contributed by atoms with Crippen LogP contribution in [0.15, 0.2) is 12.1 Å². The number of carboxylic acid groups (broad SMARTS) is 1. The minimum Gasteiger partial charge on any atom is -0.476 e. The minimum atomic E-state index is -1.01. The lowest BCUT2D eigenvalue weighted by atomic mass is 10.00. The molecule has 0 unspecified atom stereocenters. The van der Waals surface area contributed by atoms with Gasteiger partial charge in [-0.1, -0.05) is 36.3 Å². The Bertz CT molecular complexity index is 651. The van der Waals surface area contributed by atoms with Crippen molar-refractivity contribution in [2.75, 3.05) is 0 Å². The first-order valence-corrected chi connectivity index (χ1v) is 7.16. The highest BCUT2D eigenvalue weighted by Crippen LogP contribution is 2.19. The number of aromatic nitrogens is 3. The zero-order valence-corrected chi connectivity index (χ0v) is 13.0. The van der Waals surface area contributed by atoms with Gasteiger partial charge in [0.1, 0.15) is 0 Å². The summed E-state index contributed by atoms with van der Waals surface area (Å²) < 4.78 is 1.72. The summed E-state index contributed by atoms with van der Waals surface area (Å²) >= 11 is 0. The van der Waals surface area contributed by atoms with E-state index in [-0.39, 0.29) is 5.69 Å². The van der Waals surface area contributed by atoms with Crippen molar-refractivity contribution in [3.63, 3.8) is 0 Å². The molecule has 2 aromatic rings. The highest BCUT2D eigenvalue weighted by molar-refractivity contribution is 5.86. The van der Waals surface area contributed by atoms with E-state index in [2.05, 4.69) is 43.2 Å². The Balaban J connectivity index is 2.42. The summed E-state index contributed by atoms with van der Waals surface area (Å²) in [4.78, 5) is 11.2. The number of aromatic carboxylic acids is 1. The molecule has 1 aromatic heterocycles. The second kappa shape index (κ2) is 6.08. The maximum Gasteiger partial charge on any atom is 0.358 e. The van der Waals surface area contributed by atoms with E-state index >= 15 is 0 Å². The van der Waals surface area contributed by atoms with Crippen molar-refractivity contribution in [1.29, 1.82) is 0 Å². The van der Waals surface area contributed by atoms with E-state index in [9.17, 15) is 9.90 Å². The molecule has 5 heteroatoms. The fourth-order valence-electron chi connectivity index (χ4n) is 2.72. The van der Waals surface area contributed by atoms with Crippen LogP contribution in [0.25, 0.3) is 0 Å². The Hall–Kier alpha value is -2.17. The van der Waals surface area contributed by atoms with Crippen LogP contribution in [0.5, 0.6) is 0 Å². The predicted octanol–water partition coefficient (Wildman–Crippen LogP) is 2.90. The second-order valence-corrected chi connectivity index (χ2v) is 5.47. The molecular weight excluding hydrogens is 266 g/mol. The summed E-state index contributed by atoms with van der Waals surface area (Å²) in [6.07, 6.45) is 1.53. The van der Waals surface area contributed by atoms with E-state index < -0.39 is 5.97 Å². The van der Waals surface area contributed by atoms with Gasteiger partial charge in [0.15, 0.2) is 5.69 Å². The van der Waals surface area contributed by atoms with Gasteiger partial charge in [-0.3, -0.25) is 0 Å². The van der Waals surface area contributed by atoms with Crippen molar-refractivity contribution in [3.8, 4) is 0 Å². The summed E-state index contributed by atoms with van der Waals surface area (Å²) in [5.74, 6) is -1.01. The zero-order chi connectivity index (χ0) is 15.6. The number of benzene rings is 1. The minimum absolute atomic E-state index is 0.0688. The summed E-state index contributed by atoms with van der Waals surface area (Å²) in [6, 6.07) is 4.27. The molecule has 0 aliphatic carbocycles. The molecule has 1 aromatic carbocycles. The normalized spacial score (nSPS) is 10.9. The number of hydrogen-bond donors (Lipinski definition) is 1. The Morgan fingerprint density at radius 2 is 1.86 bits per heavy atom. The fourth-order valence-corrected chi connectivity index (χ4v) is 2.72. The van der Waals surface area contributed by atoms with Crippen molar-refractivity contribution in [3.05, 3.63) is 45.8 Å². The first kappa shape index (κ1) is 15.2. The molecule has 5 nitrogen and oxygen atoms in total. The number of hydrogen-bond acceptors (Lipinski definition) is 3. The molecule has 0 fully saturated rings. The highest BCUT2D eigenvalue weighted by Gasteiger charge is 2.19. The van der Waals surface area contributed by atoms with Crippen molar-refractivity contribution < 1.29 is 9.90 Å². The van der Waals surface area contributed by atoms with E-state index in [0.29, 0.717) is 18.7 Å². The van der Waals surface area contributed by atoms with E-state index in [1.807, 2.05) is 6.92 Å². The van der Waals surface area contributed by atoms with Crippen molar-refractivity contribution in [1.82, 2.24) is 15.0 Å². The van der Waals surface area contributed by atoms with Crippen LogP contribution in [0, 0.1) is 20.8 Å². The number of aryl methyl sites for hydroxylation is 3. The van der Waals surface area contributed by atoms with Crippen molar-refractivity contribution >= 4 is 5.97 Å². The van der Waals surface area contributed by atoms with Crippen molar-refractivity contribution in [2.24, 2.45) is 0 Å². The fraction of sp³-hybridized carbons (Fsp3) is 0.438. The molecule has 0 atom stereocenters. The van der Waals surface area contributed by atoms with Gasteiger partial charge in [-0.2, -0.15) is 0 Å². The number of nitrogens with zero attached hydrogens (tertiary/aromatic N) is 3. The third-order valence-electron chi connectivity index (χ3n) is 3.68. The smallest absolute Gasteiger partial charge is 0.358 e. The van der Waals surface area contributed by atoms with Gasteiger partial charge in [-0.05, 0) is 43.9 Å². The average Bonchev–Trinajstić information content (AvgIpc) is 2.77. The molecule has 0 radical (unpaired) electrons. The first-order valence-electron chi connectivity index (χ1n) is 7.16.